The van der Waals surface area contributed by atoms with Gasteiger partial charge in [-0.25, -0.2) is 19.9 Å². The zero-order valence-electron chi connectivity index (χ0n) is 36.1. The summed E-state index contributed by atoms with van der Waals surface area (Å²) in [7, 11) is 0. The van der Waals surface area contributed by atoms with Crippen molar-refractivity contribution in [3.8, 4) is 44.9 Å². The van der Waals surface area contributed by atoms with Crippen LogP contribution in [0.15, 0.2) is 182 Å². The van der Waals surface area contributed by atoms with E-state index in [1.54, 1.807) is 12.5 Å². The molecule has 9 aromatic rings. The minimum atomic E-state index is 0.0516. The SMILES string of the molecule is Cc1cc(C)c(C(c2ccc(N(c3ccncn3)c3cc(-c4ccc(-c5ccccc5-c5ccccc5)cc4)nc(-c4ccccc4)n3)cc2)c2c(C)cc(C)cc2C)c(C)c1. The third-order valence-electron chi connectivity index (χ3n) is 11.8. The topological polar surface area (TPSA) is 54.8 Å². The fourth-order valence-corrected chi connectivity index (χ4v) is 9.22. The maximum absolute atomic E-state index is 5.26. The number of rotatable bonds is 10. The van der Waals surface area contributed by atoms with Gasteiger partial charge in [0.25, 0.3) is 0 Å². The summed E-state index contributed by atoms with van der Waals surface area (Å²) >= 11 is 0. The zero-order chi connectivity index (χ0) is 42.7. The van der Waals surface area contributed by atoms with E-state index in [2.05, 4.69) is 197 Å². The fourth-order valence-electron chi connectivity index (χ4n) is 9.22. The van der Waals surface area contributed by atoms with E-state index in [1.807, 2.05) is 24.3 Å². The van der Waals surface area contributed by atoms with E-state index in [4.69, 9.17) is 15.0 Å². The van der Waals surface area contributed by atoms with Crippen molar-refractivity contribution in [2.75, 3.05) is 4.90 Å². The monoisotopic (exact) mass is 803 g/mol. The van der Waals surface area contributed by atoms with Crippen LogP contribution in [-0.4, -0.2) is 19.9 Å². The summed E-state index contributed by atoms with van der Waals surface area (Å²) < 4.78 is 0. The van der Waals surface area contributed by atoms with Crippen LogP contribution in [0.1, 0.15) is 56.0 Å². The lowest BCUT2D eigenvalue weighted by Crippen LogP contribution is -2.15. The Kier molecular flexibility index (Phi) is 11.1. The Bertz CT molecular complexity index is 2890. The molecule has 0 N–H and O–H groups in total. The van der Waals surface area contributed by atoms with Gasteiger partial charge in [0.15, 0.2) is 5.82 Å². The molecule has 0 amide bonds. The van der Waals surface area contributed by atoms with Crippen molar-refractivity contribution in [3.05, 3.63) is 232 Å². The second-order valence-electron chi connectivity index (χ2n) is 16.3. The van der Waals surface area contributed by atoms with Crippen LogP contribution in [0.5, 0.6) is 0 Å². The van der Waals surface area contributed by atoms with Gasteiger partial charge in [-0.2, -0.15) is 0 Å². The first-order valence-corrected chi connectivity index (χ1v) is 21.2. The van der Waals surface area contributed by atoms with Gasteiger partial charge in [0.1, 0.15) is 18.0 Å². The van der Waals surface area contributed by atoms with Crippen LogP contribution in [-0.2, 0) is 0 Å². The first-order chi connectivity index (χ1) is 30.2. The Morgan fingerprint density at radius 3 is 1.47 bits per heavy atom. The molecule has 0 radical (unpaired) electrons. The molecule has 0 saturated carbocycles. The maximum Gasteiger partial charge on any atom is 0.162 e. The Balaban J connectivity index is 1.17. The quantitative estimate of drug-likeness (QED) is 0.129. The highest BCUT2D eigenvalue weighted by molar-refractivity contribution is 5.85. The molecule has 0 fully saturated rings. The molecule has 9 rings (SSSR count). The second-order valence-corrected chi connectivity index (χ2v) is 16.3. The smallest absolute Gasteiger partial charge is 0.162 e. The molecule has 0 saturated heterocycles. The number of nitrogens with zero attached hydrogens (tertiary/aromatic N) is 5. The average molecular weight is 804 g/mol. The minimum Gasteiger partial charge on any atom is -0.279 e. The van der Waals surface area contributed by atoms with Crippen LogP contribution in [0.25, 0.3) is 44.9 Å². The summed E-state index contributed by atoms with van der Waals surface area (Å²) in [5.41, 5.74) is 20.0. The Morgan fingerprint density at radius 2 is 0.935 bits per heavy atom. The predicted molar refractivity (Wildman–Crippen MR) is 256 cm³/mol. The number of hydrogen-bond acceptors (Lipinski definition) is 5. The zero-order valence-corrected chi connectivity index (χ0v) is 36.1. The van der Waals surface area contributed by atoms with Crippen molar-refractivity contribution >= 4 is 17.3 Å². The summed E-state index contributed by atoms with van der Waals surface area (Å²) in [6.45, 7) is 13.4. The third kappa shape index (κ3) is 8.05. The summed E-state index contributed by atoms with van der Waals surface area (Å²) in [6, 6.07) is 60.2. The van der Waals surface area contributed by atoms with Crippen LogP contribution in [0.4, 0.5) is 17.3 Å². The molecule has 0 aliphatic heterocycles. The lowest BCUT2D eigenvalue weighted by Gasteiger charge is -2.28. The van der Waals surface area contributed by atoms with Crippen LogP contribution >= 0.6 is 0 Å². The predicted octanol–water partition coefficient (Wildman–Crippen LogP) is 14.4. The maximum atomic E-state index is 5.26. The van der Waals surface area contributed by atoms with Crippen molar-refractivity contribution in [3.63, 3.8) is 0 Å². The molecule has 2 heterocycles. The van der Waals surface area contributed by atoms with Crippen LogP contribution in [0, 0.1) is 41.5 Å². The minimum absolute atomic E-state index is 0.0516. The molecular formula is C57H49N5. The molecule has 302 valence electrons. The van der Waals surface area contributed by atoms with Gasteiger partial charge in [-0.15, -0.1) is 0 Å². The van der Waals surface area contributed by atoms with E-state index in [0.717, 1.165) is 28.1 Å². The van der Waals surface area contributed by atoms with Crippen LogP contribution in [0.2, 0.25) is 0 Å². The number of aryl methyl sites for hydroxylation is 6. The van der Waals surface area contributed by atoms with Gasteiger partial charge in [-0.05, 0) is 121 Å². The first kappa shape index (κ1) is 39.9. The van der Waals surface area contributed by atoms with Gasteiger partial charge in [0.05, 0.1) is 5.69 Å². The number of hydrogen-bond donors (Lipinski definition) is 0. The molecule has 0 unspecified atom stereocenters. The number of anilines is 3. The van der Waals surface area contributed by atoms with Crippen molar-refractivity contribution in [1.29, 1.82) is 0 Å². The molecular weight excluding hydrogens is 755 g/mol. The van der Waals surface area contributed by atoms with Gasteiger partial charge in [-0.3, -0.25) is 4.90 Å². The van der Waals surface area contributed by atoms with Gasteiger partial charge >= 0.3 is 0 Å². The molecule has 2 aromatic heterocycles. The largest absolute Gasteiger partial charge is 0.279 e. The average Bonchev–Trinajstić information content (AvgIpc) is 3.29. The molecule has 5 nitrogen and oxygen atoms in total. The lowest BCUT2D eigenvalue weighted by molar-refractivity contribution is 0.919. The molecule has 0 spiro atoms. The lowest BCUT2D eigenvalue weighted by atomic mass is 9.77. The van der Waals surface area contributed by atoms with Crippen LogP contribution in [0.3, 0.4) is 0 Å². The number of benzene rings is 7. The normalized spacial score (nSPS) is 11.2. The van der Waals surface area contributed by atoms with E-state index in [0.29, 0.717) is 17.5 Å². The fraction of sp³-hybridized carbons (Fsp3) is 0.123. The highest BCUT2D eigenvalue weighted by Gasteiger charge is 2.26. The van der Waals surface area contributed by atoms with Crippen LogP contribution < -0.4 is 4.90 Å². The first-order valence-electron chi connectivity index (χ1n) is 21.2. The third-order valence-corrected chi connectivity index (χ3v) is 11.8. The number of aromatic nitrogens is 4. The van der Waals surface area contributed by atoms with Crippen molar-refractivity contribution < 1.29 is 0 Å². The summed E-state index contributed by atoms with van der Waals surface area (Å²) in [5, 5.41) is 0. The van der Waals surface area contributed by atoms with Crippen molar-refractivity contribution in [2.45, 2.75) is 47.5 Å². The Morgan fingerprint density at radius 1 is 0.435 bits per heavy atom. The van der Waals surface area contributed by atoms with E-state index in [1.165, 1.54) is 66.8 Å². The van der Waals surface area contributed by atoms with E-state index in [9.17, 15) is 0 Å². The van der Waals surface area contributed by atoms with Crippen molar-refractivity contribution in [2.24, 2.45) is 0 Å². The van der Waals surface area contributed by atoms with E-state index >= 15 is 0 Å². The second kappa shape index (κ2) is 17.2. The summed E-state index contributed by atoms with van der Waals surface area (Å²) in [5.74, 6) is 2.08. The van der Waals surface area contributed by atoms with E-state index in [-0.39, 0.29) is 5.92 Å². The van der Waals surface area contributed by atoms with Gasteiger partial charge in [0, 0.05) is 35.0 Å². The molecule has 62 heavy (non-hydrogen) atoms. The van der Waals surface area contributed by atoms with Gasteiger partial charge in [0.2, 0.25) is 0 Å². The highest BCUT2D eigenvalue weighted by Crippen LogP contribution is 2.42. The Labute approximate surface area is 365 Å². The Hall–Kier alpha value is -7.50. The van der Waals surface area contributed by atoms with Crippen molar-refractivity contribution in [1.82, 2.24) is 19.9 Å². The molecule has 0 aliphatic rings. The molecule has 0 aliphatic carbocycles. The summed E-state index contributed by atoms with van der Waals surface area (Å²) in [6.07, 6.45) is 3.36. The van der Waals surface area contributed by atoms with E-state index < -0.39 is 0 Å². The molecule has 0 bridgehead atoms. The molecule has 5 heteroatoms. The van der Waals surface area contributed by atoms with Gasteiger partial charge in [-0.1, -0.05) is 157 Å². The molecule has 7 aromatic carbocycles. The summed E-state index contributed by atoms with van der Waals surface area (Å²) in [4.78, 5) is 21.6. The molecule has 0 atom stereocenters. The standard InChI is InChI=1S/C57H49N5/c1-37-31-39(3)54(40(4)32-37)56(55-41(5)33-38(2)34-42(55)6)46-25-27-48(28-26-46)62(52-29-30-58-36-59-52)53-35-51(60-57(61-53)47-17-11-8-12-18-47)45-23-21-44(22-24-45)50-20-14-13-19-49(50)43-15-9-7-10-16-43/h7-36,56H,1-6H3. The van der Waals surface area contributed by atoms with Gasteiger partial charge < -0.3 is 0 Å². The highest BCUT2D eigenvalue weighted by atomic mass is 15.3.